The number of primary amides is 1. The number of nitrogens with one attached hydrogen (secondary N) is 1. The average Bonchev–Trinajstić information content (AvgIpc) is 2.37. The molecule has 0 aliphatic rings. The predicted octanol–water partition coefficient (Wildman–Crippen LogP) is 2.73. The predicted molar refractivity (Wildman–Crippen MR) is 79.1 cm³/mol. The lowest BCUT2D eigenvalue weighted by Gasteiger charge is -2.21. The molecule has 0 bridgehead atoms. The first kappa shape index (κ1) is 16.0. The van der Waals surface area contributed by atoms with E-state index in [-0.39, 0.29) is 5.92 Å². The molecular weight excluding hydrogens is 332 g/mol. The van der Waals surface area contributed by atoms with E-state index in [4.69, 9.17) is 17.3 Å². The Labute approximate surface area is 125 Å². The molecule has 0 radical (unpaired) electrons. The van der Waals surface area contributed by atoms with Crippen molar-refractivity contribution in [2.45, 2.75) is 26.3 Å². The smallest absolute Gasteiger partial charge is 0.253 e. The van der Waals surface area contributed by atoms with Gasteiger partial charge in [0, 0.05) is 4.47 Å². The van der Waals surface area contributed by atoms with E-state index in [1.54, 1.807) is 18.2 Å². The number of carbonyl (C=O) groups is 2. The van der Waals surface area contributed by atoms with E-state index >= 15 is 0 Å². The number of benzene rings is 1. The Morgan fingerprint density at radius 2 is 2.11 bits per heavy atom. The van der Waals surface area contributed by atoms with Crippen LogP contribution in [0.5, 0.6) is 0 Å². The van der Waals surface area contributed by atoms with Crippen molar-refractivity contribution in [2.24, 2.45) is 11.7 Å². The molecule has 6 heteroatoms. The van der Waals surface area contributed by atoms with Crippen LogP contribution in [0.1, 0.15) is 30.6 Å². The van der Waals surface area contributed by atoms with Gasteiger partial charge in [0.2, 0.25) is 5.91 Å². The van der Waals surface area contributed by atoms with Gasteiger partial charge in [-0.05, 0) is 34.0 Å². The van der Waals surface area contributed by atoms with Crippen molar-refractivity contribution in [1.29, 1.82) is 0 Å². The lowest BCUT2D eigenvalue weighted by molar-refractivity contribution is -0.120. The fraction of sp³-hybridized carbons (Fsp3) is 0.385. The number of rotatable bonds is 5. The third-order valence-electron chi connectivity index (χ3n) is 3.00. The van der Waals surface area contributed by atoms with Crippen LogP contribution in [0, 0.1) is 5.92 Å². The zero-order valence-corrected chi connectivity index (χ0v) is 13.1. The van der Waals surface area contributed by atoms with Crippen LogP contribution < -0.4 is 11.1 Å². The molecule has 0 unspecified atom stereocenters. The summed E-state index contributed by atoms with van der Waals surface area (Å²) < 4.78 is 0.626. The van der Waals surface area contributed by atoms with E-state index in [1.165, 1.54) is 0 Å². The molecule has 0 heterocycles. The quantitative estimate of drug-likeness (QED) is 0.859. The monoisotopic (exact) mass is 346 g/mol. The molecule has 2 amide bonds. The van der Waals surface area contributed by atoms with Crippen LogP contribution in [0.15, 0.2) is 22.7 Å². The molecule has 0 saturated heterocycles. The highest BCUT2D eigenvalue weighted by Gasteiger charge is 2.25. The summed E-state index contributed by atoms with van der Waals surface area (Å²) in [6.07, 6.45) is 0.736. The zero-order chi connectivity index (χ0) is 14.6. The molecule has 1 aromatic rings. The SMILES string of the molecule is CC[C@H](C)[C@@H](NC(=O)c1cccc(Br)c1Cl)C(N)=O. The van der Waals surface area contributed by atoms with Gasteiger partial charge in [-0.15, -0.1) is 0 Å². The number of halogens is 2. The van der Waals surface area contributed by atoms with Gasteiger partial charge in [-0.25, -0.2) is 0 Å². The molecule has 0 aliphatic heterocycles. The summed E-state index contributed by atoms with van der Waals surface area (Å²) in [5, 5.41) is 2.95. The number of hydrogen-bond acceptors (Lipinski definition) is 2. The van der Waals surface area contributed by atoms with Crippen molar-refractivity contribution in [1.82, 2.24) is 5.32 Å². The molecule has 0 saturated carbocycles. The molecule has 1 aromatic carbocycles. The van der Waals surface area contributed by atoms with Crippen molar-refractivity contribution < 1.29 is 9.59 Å². The molecule has 3 N–H and O–H groups in total. The third-order valence-corrected chi connectivity index (χ3v) is 4.30. The molecule has 104 valence electrons. The van der Waals surface area contributed by atoms with Crippen molar-refractivity contribution in [3.05, 3.63) is 33.3 Å². The minimum absolute atomic E-state index is 0.0348. The zero-order valence-electron chi connectivity index (χ0n) is 10.7. The van der Waals surface area contributed by atoms with E-state index in [0.717, 1.165) is 6.42 Å². The molecule has 1 rings (SSSR count). The fourth-order valence-electron chi connectivity index (χ4n) is 1.63. The summed E-state index contributed by atoms with van der Waals surface area (Å²) in [5.74, 6) is -0.989. The van der Waals surface area contributed by atoms with Crippen LogP contribution in [0.3, 0.4) is 0 Å². The first-order valence-corrected chi connectivity index (χ1v) is 7.09. The van der Waals surface area contributed by atoms with Crippen LogP contribution in [-0.4, -0.2) is 17.9 Å². The lowest BCUT2D eigenvalue weighted by atomic mass is 9.98. The number of nitrogens with two attached hydrogens (primary N) is 1. The maximum Gasteiger partial charge on any atom is 0.253 e. The van der Waals surface area contributed by atoms with Gasteiger partial charge in [-0.2, -0.15) is 0 Å². The Morgan fingerprint density at radius 1 is 1.47 bits per heavy atom. The van der Waals surface area contributed by atoms with Gasteiger partial charge >= 0.3 is 0 Å². The topological polar surface area (TPSA) is 72.2 Å². The Kier molecular flexibility index (Phi) is 5.82. The van der Waals surface area contributed by atoms with Gasteiger partial charge in [0.05, 0.1) is 10.6 Å². The van der Waals surface area contributed by atoms with Crippen molar-refractivity contribution in [2.75, 3.05) is 0 Å². The maximum atomic E-state index is 12.1. The van der Waals surface area contributed by atoms with E-state index in [1.807, 2.05) is 13.8 Å². The van der Waals surface area contributed by atoms with E-state index in [0.29, 0.717) is 15.1 Å². The molecule has 4 nitrogen and oxygen atoms in total. The molecule has 0 fully saturated rings. The normalized spacial score (nSPS) is 13.7. The van der Waals surface area contributed by atoms with Gasteiger partial charge in [0.1, 0.15) is 6.04 Å². The Morgan fingerprint density at radius 3 is 2.63 bits per heavy atom. The van der Waals surface area contributed by atoms with Crippen molar-refractivity contribution >= 4 is 39.3 Å². The third kappa shape index (κ3) is 3.94. The molecule has 0 aromatic heterocycles. The van der Waals surface area contributed by atoms with Crippen molar-refractivity contribution in [3.8, 4) is 0 Å². The van der Waals surface area contributed by atoms with Crippen LogP contribution in [-0.2, 0) is 4.79 Å². The second kappa shape index (κ2) is 6.91. The van der Waals surface area contributed by atoms with Crippen LogP contribution in [0.25, 0.3) is 0 Å². The summed E-state index contributed by atoms with van der Waals surface area (Å²) in [5.41, 5.74) is 5.62. The van der Waals surface area contributed by atoms with Crippen LogP contribution >= 0.6 is 27.5 Å². The van der Waals surface area contributed by atoms with E-state index in [2.05, 4.69) is 21.2 Å². The molecule has 2 atom stereocenters. The minimum Gasteiger partial charge on any atom is -0.368 e. The second-order valence-electron chi connectivity index (χ2n) is 4.34. The van der Waals surface area contributed by atoms with Gasteiger partial charge in [-0.1, -0.05) is 37.9 Å². The van der Waals surface area contributed by atoms with Gasteiger partial charge in [-0.3, -0.25) is 9.59 Å². The average molecular weight is 348 g/mol. The number of carbonyl (C=O) groups excluding carboxylic acids is 2. The first-order valence-electron chi connectivity index (χ1n) is 5.92. The molecule has 0 aliphatic carbocycles. The van der Waals surface area contributed by atoms with Crippen molar-refractivity contribution in [3.63, 3.8) is 0 Å². The number of amides is 2. The van der Waals surface area contributed by atoms with Gasteiger partial charge in [0.15, 0.2) is 0 Å². The first-order chi connectivity index (χ1) is 8.88. The maximum absolute atomic E-state index is 12.1. The van der Waals surface area contributed by atoms with Crippen LogP contribution in [0.2, 0.25) is 5.02 Å². The Hall–Kier alpha value is -1.07. The highest BCUT2D eigenvalue weighted by atomic mass is 79.9. The van der Waals surface area contributed by atoms with E-state index < -0.39 is 17.9 Å². The Balaban J connectivity index is 2.94. The standard InChI is InChI=1S/C13H16BrClN2O2/c1-3-7(2)11(12(16)18)17-13(19)8-5-4-6-9(14)10(8)15/h4-7,11H,3H2,1-2H3,(H2,16,18)(H,17,19)/t7-,11+/m0/s1. The molecule has 19 heavy (non-hydrogen) atoms. The van der Waals surface area contributed by atoms with Gasteiger partial charge < -0.3 is 11.1 Å². The minimum atomic E-state index is -0.701. The summed E-state index contributed by atoms with van der Waals surface area (Å²) in [4.78, 5) is 23.5. The lowest BCUT2D eigenvalue weighted by Crippen LogP contribution is -2.48. The highest BCUT2D eigenvalue weighted by Crippen LogP contribution is 2.26. The van der Waals surface area contributed by atoms with Crippen LogP contribution in [0.4, 0.5) is 0 Å². The summed E-state index contributed by atoms with van der Waals surface area (Å²) in [7, 11) is 0. The van der Waals surface area contributed by atoms with Gasteiger partial charge in [0.25, 0.3) is 5.91 Å². The highest BCUT2D eigenvalue weighted by molar-refractivity contribution is 9.10. The fourth-order valence-corrected chi connectivity index (χ4v) is 2.21. The second-order valence-corrected chi connectivity index (χ2v) is 5.57. The summed E-state index contributed by atoms with van der Waals surface area (Å²) in [6.45, 7) is 3.79. The molecular formula is C13H16BrClN2O2. The summed E-state index contributed by atoms with van der Waals surface area (Å²) >= 11 is 9.29. The Bertz CT molecular complexity index is 494. The largest absolute Gasteiger partial charge is 0.368 e. The summed E-state index contributed by atoms with van der Waals surface area (Å²) in [6, 6.07) is 4.33. The van der Waals surface area contributed by atoms with E-state index in [9.17, 15) is 9.59 Å². The number of hydrogen-bond donors (Lipinski definition) is 2. The molecule has 0 spiro atoms.